The minimum absolute atomic E-state index is 0.188. The number of para-hydroxylation sites is 1. The van der Waals surface area contributed by atoms with Crippen molar-refractivity contribution in [2.75, 3.05) is 20.8 Å². The SMILES string of the molecule is CON(C)C(=O)/C=C/CCOc1ccccc1I. The lowest BCUT2D eigenvalue weighted by Crippen LogP contribution is -2.23. The number of carbonyl (C=O) groups excluding carboxylic acids is 1. The summed E-state index contributed by atoms with van der Waals surface area (Å²) in [6, 6.07) is 7.82. The van der Waals surface area contributed by atoms with Gasteiger partial charge in [-0.05, 0) is 41.1 Å². The van der Waals surface area contributed by atoms with Crippen LogP contribution in [0.1, 0.15) is 6.42 Å². The van der Waals surface area contributed by atoms with Crippen molar-refractivity contribution < 1.29 is 14.4 Å². The Morgan fingerprint density at radius 1 is 1.44 bits per heavy atom. The molecule has 0 bridgehead atoms. The molecule has 1 amide bonds. The van der Waals surface area contributed by atoms with Gasteiger partial charge in [0.15, 0.2) is 0 Å². The van der Waals surface area contributed by atoms with Crippen LogP contribution in [0.4, 0.5) is 0 Å². The first-order valence-electron chi connectivity index (χ1n) is 5.51. The average Bonchev–Trinajstić information content (AvgIpc) is 2.39. The Balaban J connectivity index is 2.29. The Morgan fingerprint density at radius 3 is 2.83 bits per heavy atom. The van der Waals surface area contributed by atoms with Crippen molar-refractivity contribution in [1.29, 1.82) is 0 Å². The van der Waals surface area contributed by atoms with Gasteiger partial charge in [-0.3, -0.25) is 9.63 Å². The third-order valence-corrected chi connectivity index (χ3v) is 3.11. The number of hydrogen-bond donors (Lipinski definition) is 0. The summed E-state index contributed by atoms with van der Waals surface area (Å²) in [5.41, 5.74) is 0. The fraction of sp³-hybridized carbons (Fsp3) is 0.308. The topological polar surface area (TPSA) is 38.8 Å². The van der Waals surface area contributed by atoms with Crippen molar-refractivity contribution in [2.24, 2.45) is 0 Å². The molecule has 0 spiro atoms. The van der Waals surface area contributed by atoms with Crippen LogP contribution in [0.15, 0.2) is 36.4 Å². The number of carbonyl (C=O) groups is 1. The Hall–Kier alpha value is -1.08. The van der Waals surface area contributed by atoms with Gasteiger partial charge in [0.2, 0.25) is 0 Å². The lowest BCUT2D eigenvalue weighted by molar-refractivity contribution is -0.162. The Kier molecular flexibility index (Phi) is 6.74. The predicted octanol–water partition coefficient (Wildman–Crippen LogP) is 2.64. The molecular weight excluding hydrogens is 345 g/mol. The minimum atomic E-state index is -0.188. The second-order valence-electron chi connectivity index (χ2n) is 3.49. The predicted molar refractivity (Wildman–Crippen MR) is 78.2 cm³/mol. The van der Waals surface area contributed by atoms with E-state index in [0.29, 0.717) is 13.0 Å². The summed E-state index contributed by atoms with van der Waals surface area (Å²) in [5.74, 6) is 0.679. The van der Waals surface area contributed by atoms with Gasteiger partial charge in [-0.2, -0.15) is 0 Å². The second kappa shape index (κ2) is 8.10. The Morgan fingerprint density at radius 2 is 2.17 bits per heavy atom. The van der Waals surface area contributed by atoms with Gasteiger partial charge in [0.1, 0.15) is 5.75 Å². The molecule has 0 unspecified atom stereocenters. The first-order chi connectivity index (χ1) is 8.65. The van der Waals surface area contributed by atoms with E-state index in [-0.39, 0.29) is 5.91 Å². The summed E-state index contributed by atoms with van der Waals surface area (Å²) in [5, 5.41) is 1.16. The van der Waals surface area contributed by atoms with Gasteiger partial charge in [0, 0.05) is 13.1 Å². The van der Waals surface area contributed by atoms with Gasteiger partial charge in [0.25, 0.3) is 5.91 Å². The maximum absolute atomic E-state index is 11.3. The highest BCUT2D eigenvalue weighted by Crippen LogP contribution is 2.19. The van der Waals surface area contributed by atoms with Crippen molar-refractivity contribution in [1.82, 2.24) is 5.06 Å². The zero-order chi connectivity index (χ0) is 13.4. The van der Waals surface area contributed by atoms with Crippen LogP contribution in [-0.4, -0.2) is 31.7 Å². The largest absolute Gasteiger partial charge is 0.492 e. The molecule has 0 radical (unpaired) electrons. The maximum Gasteiger partial charge on any atom is 0.269 e. The van der Waals surface area contributed by atoms with Gasteiger partial charge < -0.3 is 4.74 Å². The number of amides is 1. The first kappa shape index (κ1) is 15.0. The third-order valence-electron chi connectivity index (χ3n) is 2.22. The van der Waals surface area contributed by atoms with E-state index >= 15 is 0 Å². The fourth-order valence-electron chi connectivity index (χ4n) is 1.18. The van der Waals surface area contributed by atoms with E-state index in [1.807, 2.05) is 24.3 Å². The molecule has 0 aliphatic rings. The van der Waals surface area contributed by atoms with Crippen LogP contribution in [0, 0.1) is 3.57 Å². The second-order valence-corrected chi connectivity index (χ2v) is 4.65. The molecule has 1 rings (SSSR count). The average molecular weight is 361 g/mol. The van der Waals surface area contributed by atoms with E-state index in [4.69, 9.17) is 9.57 Å². The van der Waals surface area contributed by atoms with E-state index in [0.717, 1.165) is 14.4 Å². The maximum atomic E-state index is 11.3. The van der Waals surface area contributed by atoms with Gasteiger partial charge in [-0.15, -0.1) is 0 Å². The number of ether oxygens (including phenoxy) is 1. The lowest BCUT2D eigenvalue weighted by atomic mass is 10.3. The number of rotatable bonds is 6. The highest BCUT2D eigenvalue weighted by Gasteiger charge is 2.01. The summed E-state index contributed by atoms with van der Waals surface area (Å²) < 4.78 is 6.67. The smallest absolute Gasteiger partial charge is 0.269 e. The van der Waals surface area contributed by atoms with Crippen molar-refractivity contribution in [3.63, 3.8) is 0 Å². The van der Waals surface area contributed by atoms with Crippen LogP contribution in [0.2, 0.25) is 0 Å². The molecule has 0 aliphatic carbocycles. The standard InChI is InChI=1S/C13H16INO3/c1-15(17-2)13(16)9-5-6-10-18-12-8-4-3-7-11(12)14/h3-5,7-9H,6,10H2,1-2H3/b9-5+. The number of likely N-dealkylation sites (N-methyl/N-ethyl adjacent to an activating group) is 1. The van der Waals surface area contributed by atoms with Crippen molar-refractivity contribution >= 4 is 28.5 Å². The fourth-order valence-corrected chi connectivity index (χ4v) is 1.72. The number of benzene rings is 1. The monoisotopic (exact) mass is 361 g/mol. The molecule has 98 valence electrons. The van der Waals surface area contributed by atoms with Gasteiger partial charge in [0.05, 0.1) is 17.3 Å². The summed E-state index contributed by atoms with van der Waals surface area (Å²) in [4.78, 5) is 16.1. The molecule has 0 N–H and O–H groups in total. The number of halogens is 1. The van der Waals surface area contributed by atoms with Gasteiger partial charge in [-0.25, -0.2) is 5.06 Å². The highest BCUT2D eigenvalue weighted by molar-refractivity contribution is 14.1. The van der Waals surface area contributed by atoms with Crippen molar-refractivity contribution in [3.05, 3.63) is 40.0 Å². The summed E-state index contributed by atoms with van der Waals surface area (Å²) in [6.45, 7) is 0.542. The van der Waals surface area contributed by atoms with Gasteiger partial charge >= 0.3 is 0 Å². The zero-order valence-corrected chi connectivity index (χ0v) is 12.6. The van der Waals surface area contributed by atoms with E-state index in [1.54, 1.807) is 13.1 Å². The van der Waals surface area contributed by atoms with Crippen LogP contribution in [0.3, 0.4) is 0 Å². The molecule has 0 aliphatic heterocycles. The molecular formula is C13H16INO3. The molecule has 1 aromatic carbocycles. The van der Waals surface area contributed by atoms with Gasteiger partial charge in [-0.1, -0.05) is 18.2 Å². The number of nitrogens with zero attached hydrogens (tertiary/aromatic N) is 1. The molecule has 18 heavy (non-hydrogen) atoms. The summed E-state index contributed by atoms with van der Waals surface area (Å²) in [6.07, 6.45) is 3.92. The molecule has 0 heterocycles. The Labute approximate surface area is 121 Å². The number of hydroxylamine groups is 2. The van der Waals surface area contributed by atoms with E-state index in [9.17, 15) is 4.79 Å². The minimum Gasteiger partial charge on any atom is -0.492 e. The normalized spacial score (nSPS) is 10.6. The molecule has 0 saturated heterocycles. The summed E-state index contributed by atoms with van der Waals surface area (Å²) >= 11 is 2.23. The third kappa shape index (κ3) is 5.05. The van der Waals surface area contributed by atoms with Crippen LogP contribution in [-0.2, 0) is 9.63 Å². The molecule has 1 aromatic rings. The quantitative estimate of drug-likeness (QED) is 0.339. The van der Waals surface area contributed by atoms with Crippen LogP contribution in [0.5, 0.6) is 5.75 Å². The van der Waals surface area contributed by atoms with Crippen molar-refractivity contribution in [2.45, 2.75) is 6.42 Å². The summed E-state index contributed by atoms with van der Waals surface area (Å²) in [7, 11) is 3.02. The number of hydrogen-bond acceptors (Lipinski definition) is 3. The lowest BCUT2D eigenvalue weighted by Gasteiger charge is -2.10. The van der Waals surface area contributed by atoms with E-state index < -0.39 is 0 Å². The van der Waals surface area contributed by atoms with E-state index in [2.05, 4.69) is 22.6 Å². The first-order valence-corrected chi connectivity index (χ1v) is 6.58. The highest BCUT2D eigenvalue weighted by atomic mass is 127. The van der Waals surface area contributed by atoms with Crippen LogP contribution in [0.25, 0.3) is 0 Å². The molecule has 5 heteroatoms. The molecule has 4 nitrogen and oxygen atoms in total. The van der Waals surface area contributed by atoms with Crippen molar-refractivity contribution in [3.8, 4) is 5.75 Å². The molecule has 0 aromatic heterocycles. The van der Waals surface area contributed by atoms with E-state index in [1.165, 1.54) is 13.2 Å². The zero-order valence-electron chi connectivity index (χ0n) is 10.4. The molecule has 0 atom stereocenters. The Bertz CT molecular complexity index is 420. The molecule has 0 saturated carbocycles. The van der Waals surface area contributed by atoms with Crippen LogP contribution < -0.4 is 4.74 Å². The molecule has 0 fully saturated rings. The van der Waals surface area contributed by atoms with Crippen LogP contribution >= 0.6 is 22.6 Å².